The third-order valence-corrected chi connectivity index (χ3v) is 7.61. The van der Waals surface area contributed by atoms with Crippen molar-refractivity contribution in [3.8, 4) is 5.75 Å². The summed E-state index contributed by atoms with van der Waals surface area (Å²) in [7, 11) is 0. The summed E-state index contributed by atoms with van der Waals surface area (Å²) in [5, 5.41) is 5.50. The number of ether oxygens (including phenoxy) is 1. The minimum atomic E-state index is -0.625. The number of fused-ring (bicyclic) bond motifs is 3. The Morgan fingerprint density at radius 3 is 2.45 bits per heavy atom. The van der Waals surface area contributed by atoms with Crippen LogP contribution in [-0.4, -0.2) is 16.3 Å². The highest BCUT2D eigenvalue weighted by Gasteiger charge is 2.40. The highest BCUT2D eigenvalue weighted by molar-refractivity contribution is 9.10. The quantitative estimate of drug-likeness (QED) is 0.177. The molecule has 0 aliphatic carbocycles. The summed E-state index contributed by atoms with van der Waals surface area (Å²) in [4.78, 5) is 13.2. The monoisotopic (exact) mass is 533 g/mol. The van der Waals surface area contributed by atoms with Crippen molar-refractivity contribution in [1.29, 1.82) is 0 Å². The van der Waals surface area contributed by atoms with Gasteiger partial charge in [0, 0.05) is 21.7 Å². The molecular weight excluding hydrogens is 514 g/mol. The fourth-order valence-electron chi connectivity index (χ4n) is 4.22. The van der Waals surface area contributed by atoms with Crippen LogP contribution < -0.4 is 10.1 Å². The third-order valence-electron chi connectivity index (χ3n) is 5.75. The molecule has 33 heavy (non-hydrogen) atoms. The SMILES string of the molecule is O=C1Oc2ccc3ccccc3c2C(c2ccc(Br)cc2)C1NC(=S)SCc1ccccc1. The molecular formula is C27H20BrNO2S2. The van der Waals surface area contributed by atoms with Crippen molar-refractivity contribution < 1.29 is 9.53 Å². The first kappa shape index (κ1) is 22.1. The molecule has 0 bridgehead atoms. The Kier molecular flexibility index (Phi) is 6.49. The molecule has 0 amide bonds. The lowest BCUT2D eigenvalue weighted by Crippen LogP contribution is -2.48. The molecule has 0 saturated carbocycles. The Balaban J connectivity index is 1.52. The average Bonchev–Trinajstić information content (AvgIpc) is 2.84. The zero-order valence-electron chi connectivity index (χ0n) is 17.5. The molecule has 1 heterocycles. The maximum Gasteiger partial charge on any atom is 0.334 e. The van der Waals surface area contributed by atoms with Crippen molar-refractivity contribution in [3.05, 3.63) is 112 Å². The van der Waals surface area contributed by atoms with E-state index in [0.29, 0.717) is 10.1 Å². The second-order valence-electron chi connectivity index (χ2n) is 7.83. The highest BCUT2D eigenvalue weighted by atomic mass is 79.9. The molecule has 1 aliphatic rings. The molecule has 2 unspecified atom stereocenters. The van der Waals surface area contributed by atoms with Crippen LogP contribution in [0.3, 0.4) is 0 Å². The third kappa shape index (κ3) is 4.69. The number of carbonyl (C=O) groups excluding carboxylic acids is 1. The summed E-state index contributed by atoms with van der Waals surface area (Å²) in [6.07, 6.45) is 0. The Morgan fingerprint density at radius 2 is 1.67 bits per heavy atom. The fraction of sp³-hybridized carbons (Fsp3) is 0.111. The van der Waals surface area contributed by atoms with E-state index >= 15 is 0 Å². The zero-order chi connectivity index (χ0) is 22.8. The highest BCUT2D eigenvalue weighted by Crippen LogP contribution is 2.43. The molecule has 6 heteroatoms. The largest absolute Gasteiger partial charge is 0.425 e. The van der Waals surface area contributed by atoms with Crippen molar-refractivity contribution in [2.24, 2.45) is 0 Å². The summed E-state index contributed by atoms with van der Waals surface area (Å²) >= 11 is 10.7. The lowest BCUT2D eigenvalue weighted by molar-refractivity contribution is -0.137. The van der Waals surface area contributed by atoms with Gasteiger partial charge in [0.05, 0.1) is 0 Å². The van der Waals surface area contributed by atoms with Crippen LogP contribution in [0.15, 0.2) is 95.5 Å². The van der Waals surface area contributed by atoms with Gasteiger partial charge in [0.2, 0.25) is 0 Å². The lowest BCUT2D eigenvalue weighted by atomic mass is 9.80. The maximum absolute atomic E-state index is 13.2. The number of nitrogens with one attached hydrogen (secondary N) is 1. The number of thiocarbonyl (C=S) groups is 1. The van der Waals surface area contributed by atoms with E-state index in [2.05, 4.69) is 45.5 Å². The topological polar surface area (TPSA) is 38.3 Å². The molecule has 0 saturated heterocycles. The minimum Gasteiger partial charge on any atom is -0.425 e. The van der Waals surface area contributed by atoms with E-state index < -0.39 is 6.04 Å². The van der Waals surface area contributed by atoms with Crippen molar-refractivity contribution >= 4 is 61.0 Å². The summed E-state index contributed by atoms with van der Waals surface area (Å²) in [6.45, 7) is 0. The van der Waals surface area contributed by atoms with Crippen LogP contribution in [0.2, 0.25) is 0 Å². The van der Waals surface area contributed by atoms with Gasteiger partial charge in [-0.15, -0.1) is 0 Å². The second-order valence-corrected chi connectivity index (χ2v) is 10.4. The van der Waals surface area contributed by atoms with Crippen molar-refractivity contribution in [1.82, 2.24) is 5.32 Å². The van der Waals surface area contributed by atoms with Crippen molar-refractivity contribution in [2.45, 2.75) is 17.7 Å². The van der Waals surface area contributed by atoms with E-state index in [1.165, 1.54) is 17.3 Å². The summed E-state index contributed by atoms with van der Waals surface area (Å²) in [6, 6.07) is 29.7. The van der Waals surface area contributed by atoms with Crippen LogP contribution in [0.1, 0.15) is 22.6 Å². The van der Waals surface area contributed by atoms with Gasteiger partial charge in [-0.2, -0.15) is 0 Å². The summed E-state index contributed by atoms with van der Waals surface area (Å²) in [5.41, 5.74) is 3.21. The Bertz CT molecular complexity index is 1330. The number of esters is 1. The predicted octanol–water partition coefficient (Wildman–Crippen LogP) is 6.83. The first-order chi connectivity index (χ1) is 16.1. The number of rotatable bonds is 4. The van der Waals surface area contributed by atoms with Gasteiger partial charge in [-0.1, -0.05) is 113 Å². The molecule has 0 spiro atoms. The fourth-order valence-corrected chi connectivity index (χ4v) is 5.49. The van der Waals surface area contributed by atoms with E-state index in [9.17, 15) is 4.79 Å². The van der Waals surface area contributed by atoms with E-state index in [-0.39, 0.29) is 11.9 Å². The maximum atomic E-state index is 13.2. The van der Waals surface area contributed by atoms with Gasteiger partial charge >= 0.3 is 5.97 Å². The number of halogens is 1. The van der Waals surface area contributed by atoms with Crippen LogP contribution in [0.5, 0.6) is 5.75 Å². The van der Waals surface area contributed by atoms with Crippen LogP contribution in [0.25, 0.3) is 10.8 Å². The molecule has 3 nitrogen and oxygen atoms in total. The van der Waals surface area contributed by atoms with E-state index in [0.717, 1.165) is 32.1 Å². The first-order valence-electron chi connectivity index (χ1n) is 10.6. The molecule has 2 atom stereocenters. The van der Waals surface area contributed by atoms with Crippen molar-refractivity contribution in [2.75, 3.05) is 0 Å². The number of hydrogen-bond acceptors (Lipinski definition) is 4. The average molecular weight is 535 g/mol. The second kappa shape index (κ2) is 9.67. The van der Waals surface area contributed by atoms with E-state index in [4.69, 9.17) is 17.0 Å². The smallest absolute Gasteiger partial charge is 0.334 e. The molecule has 4 aromatic carbocycles. The van der Waals surface area contributed by atoms with Crippen molar-refractivity contribution in [3.63, 3.8) is 0 Å². The Labute approximate surface area is 210 Å². The molecule has 5 rings (SSSR count). The lowest BCUT2D eigenvalue weighted by Gasteiger charge is -2.34. The summed E-state index contributed by atoms with van der Waals surface area (Å²) < 4.78 is 7.37. The molecule has 0 aromatic heterocycles. The van der Waals surface area contributed by atoms with Gasteiger partial charge in [0.1, 0.15) is 16.1 Å². The molecule has 0 radical (unpaired) electrons. The summed E-state index contributed by atoms with van der Waals surface area (Å²) in [5.74, 6) is 0.772. The molecule has 1 N–H and O–H groups in total. The minimum absolute atomic E-state index is 0.240. The zero-order valence-corrected chi connectivity index (χ0v) is 20.8. The Hall–Kier alpha value is -2.67. The van der Waals surface area contributed by atoms with Crippen LogP contribution in [0.4, 0.5) is 0 Å². The Morgan fingerprint density at radius 1 is 0.939 bits per heavy atom. The van der Waals surface area contributed by atoms with Gasteiger partial charge in [0.25, 0.3) is 0 Å². The van der Waals surface area contributed by atoms with Crippen LogP contribution in [0, 0.1) is 0 Å². The first-order valence-corrected chi connectivity index (χ1v) is 12.7. The van der Waals surface area contributed by atoms with Gasteiger partial charge < -0.3 is 10.1 Å². The van der Waals surface area contributed by atoms with Crippen LogP contribution >= 0.6 is 39.9 Å². The van der Waals surface area contributed by atoms with Gasteiger partial charge in [-0.05, 0) is 40.1 Å². The van der Waals surface area contributed by atoms with Gasteiger partial charge in [0.15, 0.2) is 0 Å². The normalized spacial score (nSPS) is 17.3. The molecule has 4 aromatic rings. The molecule has 0 fully saturated rings. The number of carbonyl (C=O) groups is 1. The predicted molar refractivity (Wildman–Crippen MR) is 143 cm³/mol. The molecule has 1 aliphatic heterocycles. The number of benzene rings is 4. The van der Waals surface area contributed by atoms with Crippen LogP contribution in [-0.2, 0) is 10.5 Å². The number of thioether (sulfide) groups is 1. The van der Waals surface area contributed by atoms with E-state index in [1.807, 2.05) is 66.7 Å². The van der Waals surface area contributed by atoms with Gasteiger partial charge in [-0.3, -0.25) is 0 Å². The standard InChI is InChI=1S/C27H20BrNO2S2/c28-20-13-10-19(11-14-20)23-24-21-9-5-4-8-18(21)12-15-22(24)31-26(30)25(23)29-27(32)33-16-17-6-2-1-3-7-17/h1-15,23,25H,16H2,(H,29,32). The number of hydrogen-bond donors (Lipinski definition) is 1. The van der Waals surface area contributed by atoms with E-state index in [1.54, 1.807) is 0 Å². The van der Waals surface area contributed by atoms with Gasteiger partial charge in [-0.25, -0.2) is 4.79 Å². The molecule has 164 valence electrons.